The van der Waals surface area contributed by atoms with Gasteiger partial charge in [0.1, 0.15) is 30.1 Å². The molecule has 11 nitrogen and oxygen atoms in total. The van der Waals surface area contributed by atoms with E-state index in [1.54, 1.807) is 6.92 Å². The Morgan fingerprint density at radius 1 is 1.32 bits per heavy atom. The maximum absolute atomic E-state index is 14.4. The number of nitriles is 1. The Bertz CT molecular complexity index is 1570. The first-order chi connectivity index (χ1) is 18.1. The highest BCUT2D eigenvalue weighted by Crippen LogP contribution is 2.39. The van der Waals surface area contributed by atoms with E-state index in [4.69, 9.17) is 0 Å². The van der Waals surface area contributed by atoms with Crippen LogP contribution in [0.15, 0.2) is 52.4 Å². The van der Waals surface area contributed by atoms with Crippen molar-refractivity contribution >= 4 is 11.6 Å². The highest BCUT2D eigenvalue weighted by Gasteiger charge is 2.32. The average molecular weight is 527 g/mol. The Morgan fingerprint density at radius 3 is 2.74 bits per heavy atom. The van der Waals surface area contributed by atoms with Gasteiger partial charge in [-0.2, -0.15) is 10.4 Å². The minimum absolute atomic E-state index is 0.0111. The van der Waals surface area contributed by atoms with Gasteiger partial charge in [0.2, 0.25) is 5.75 Å². The van der Waals surface area contributed by atoms with Gasteiger partial charge in [0.15, 0.2) is 5.69 Å². The molecule has 0 aliphatic carbocycles. The summed E-state index contributed by atoms with van der Waals surface area (Å²) in [7, 11) is 1.32. The first kappa shape index (κ1) is 26.1. The molecule has 0 spiro atoms. The summed E-state index contributed by atoms with van der Waals surface area (Å²) in [4.78, 5) is 29.9. The number of amides is 1. The quantitative estimate of drug-likeness (QED) is 0.355. The van der Waals surface area contributed by atoms with Crippen LogP contribution in [-0.2, 0) is 13.6 Å². The van der Waals surface area contributed by atoms with Crippen molar-refractivity contribution in [1.29, 1.82) is 5.26 Å². The maximum atomic E-state index is 14.4. The van der Waals surface area contributed by atoms with Gasteiger partial charge in [0.25, 0.3) is 17.9 Å². The number of carbonyl (C=O) groups excluding carboxylic acids is 1. The van der Waals surface area contributed by atoms with Crippen molar-refractivity contribution < 1.29 is 27.6 Å². The van der Waals surface area contributed by atoms with Crippen molar-refractivity contribution in [3.05, 3.63) is 87.4 Å². The van der Waals surface area contributed by atoms with E-state index in [1.165, 1.54) is 31.7 Å². The van der Waals surface area contributed by atoms with Crippen molar-refractivity contribution in [3.8, 4) is 11.8 Å². The number of alkyl halides is 2. The molecule has 0 aliphatic heterocycles. The third kappa shape index (κ3) is 5.12. The standard InChI is InChI=1S/C24H20F3N7O4/c1-12(22-32-20(21(35)24(37)33(22)2)23(36)31-16-8-30-38-11-16)19(14-7-29-34(9-14)10-18(26)27)17-5-15(25)4-3-13(17)6-28/h3-5,7-9,11-12,18-19,35H,10H2,1-2H3,(H,31,36)/t12-,19+/m0/s1. The lowest BCUT2D eigenvalue weighted by Crippen LogP contribution is -2.29. The van der Waals surface area contributed by atoms with Crippen LogP contribution < -0.4 is 10.9 Å². The molecule has 3 aromatic heterocycles. The van der Waals surface area contributed by atoms with Crippen LogP contribution in [0.2, 0.25) is 0 Å². The maximum Gasteiger partial charge on any atom is 0.296 e. The lowest BCUT2D eigenvalue weighted by molar-refractivity contribution is 0.101. The van der Waals surface area contributed by atoms with Crippen LogP contribution in [0, 0.1) is 17.1 Å². The zero-order chi connectivity index (χ0) is 27.6. The fourth-order valence-electron chi connectivity index (χ4n) is 4.19. The van der Waals surface area contributed by atoms with Crippen molar-refractivity contribution in [2.24, 2.45) is 7.05 Å². The van der Waals surface area contributed by atoms with Crippen LogP contribution in [0.1, 0.15) is 51.8 Å². The van der Waals surface area contributed by atoms with Gasteiger partial charge in [0.05, 0.1) is 24.0 Å². The van der Waals surface area contributed by atoms with Crippen molar-refractivity contribution in [2.75, 3.05) is 5.32 Å². The van der Waals surface area contributed by atoms with Crippen LogP contribution in [-0.4, -0.2) is 41.9 Å². The molecule has 38 heavy (non-hydrogen) atoms. The Kier molecular flexibility index (Phi) is 7.28. The van der Waals surface area contributed by atoms with Gasteiger partial charge >= 0.3 is 0 Å². The summed E-state index contributed by atoms with van der Waals surface area (Å²) < 4.78 is 47.0. The summed E-state index contributed by atoms with van der Waals surface area (Å²) in [5, 5.41) is 29.9. The number of rotatable bonds is 8. The fraction of sp³-hybridized carbons (Fsp3) is 0.250. The molecule has 2 N–H and O–H groups in total. The lowest BCUT2D eigenvalue weighted by Gasteiger charge is -2.26. The van der Waals surface area contributed by atoms with E-state index in [0.717, 1.165) is 27.6 Å². The van der Waals surface area contributed by atoms with Crippen molar-refractivity contribution in [3.63, 3.8) is 0 Å². The monoisotopic (exact) mass is 527 g/mol. The summed E-state index contributed by atoms with van der Waals surface area (Å²) in [5.74, 6) is -4.28. The predicted octanol–water partition coefficient (Wildman–Crippen LogP) is 3.13. The van der Waals surface area contributed by atoms with Crippen molar-refractivity contribution in [2.45, 2.75) is 31.7 Å². The fourth-order valence-corrected chi connectivity index (χ4v) is 4.19. The number of benzene rings is 1. The highest BCUT2D eigenvalue weighted by molar-refractivity contribution is 6.04. The van der Waals surface area contributed by atoms with E-state index in [1.807, 2.05) is 6.07 Å². The third-order valence-corrected chi connectivity index (χ3v) is 5.92. The van der Waals surface area contributed by atoms with E-state index >= 15 is 0 Å². The largest absolute Gasteiger partial charge is 0.501 e. The summed E-state index contributed by atoms with van der Waals surface area (Å²) >= 11 is 0. The van der Waals surface area contributed by atoms with Gasteiger partial charge in [-0.25, -0.2) is 18.2 Å². The molecule has 0 saturated heterocycles. The van der Waals surface area contributed by atoms with E-state index in [2.05, 4.69) is 25.1 Å². The molecule has 0 fully saturated rings. The van der Waals surface area contributed by atoms with Gasteiger partial charge in [-0.15, -0.1) is 0 Å². The van der Waals surface area contributed by atoms with E-state index in [9.17, 15) is 33.1 Å². The summed E-state index contributed by atoms with van der Waals surface area (Å²) in [6.45, 7) is 0.903. The van der Waals surface area contributed by atoms with Gasteiger partial charge in [-0.05, 0) is 29.3 Å². The SMILES string of the molecule is C[C@H](c1nc(C(=O)Nc2cnoc2)c(O)c(=O)n1C)[C@H](c1cnn(CC(F)F)c1)c1cc(F)ccc1C#N. The van der Waals surface area contributed by atoms with Gasteiger partial charge in [-0.3, -0.25) is 18.8 Å². The molecule has 196 valence electrons. The minimum atomic E-state index is -2.69. The van der Waals surface area contributed by atoms with Crippen LogP contribution >= 0.6 is 0 Å². The Morgan fingerprint density at radius 2 is 2.08 bits per heavy atom. The Hall–Kier alpha value is -4.93. The number of nitrogens with zero attached hydrogens (tertiary/aromatic N) is 6. The Balaban J connectivity index is 1.87. The van der Waals surface area contributed by atoms with Crippen LogP contribution in [0.5, 0.6) is 5.75 Å². The molecule has 2 atom stereocenters. The summed E-state index contributed by atoms with van der Waals surface area (Å²) in [6.07, 6.45) is 2.26. The van der Waals surface area contributed by atoms with Crippen LogP contribution in [0.25, 0.3) is 0 Å². The summed E-state index contributed by atoms with van der Waals surface area (Å²) in [6, 6.07) is 5.49. The number of aromatic nitrogens is 5. The minimum Gasteiger partial charge on any atom is -0.501 e. The number of hydrogen-bond donors (Lipinski definition) is 2. The van der Waals surface area contributed by atoms with E-state index in [0.29, 0.717) is 5.56 Å². The smallest absolute Gasteiger partial charge is 0.296 e. The molecule has 1 amide bonds. The number of nitrogens with one attached hydrogen (secondary N) is 1. The molecule has 0 aliphatic rings. The van der Waals surface area contributed by atoms with Gasteiger partial charge < -0.3 is 14.9 Å². The Labute approximate surface area is 212 Å². The molecule has 0 radical (unpaired) electrons. The number of anilines is 1. The molecule has 0 saturated carbocycles. The lowest BCUT2D eigenvalue weighted by atomic mass is 9.80. The normalized spacial score (nSPS) is 12.8. The zero-order valence-electron chi connectivity index (χ0n) is 20.0. The second kappa shape index (κ2) is 10.6. The van der Waals surface area contributed by atoms with Crippen molar-refractivity contribution in [1.82, 2.24) is 24.5 Å². The predicted molar refractivity (Wildman–Crippen MR) is 125 cm³/mol. The number of carbonyl (C=O) groups is 1. The van der Waals surface area contributed by atoms with Crippen LogP contribution in [0.4, 0.5) is 18.9 Å². The number of hydrogen-bond acceptors (Lipinski definition) is 8. The molecule has 4 aromatic rings. The zero-order valence-corrected chi connectivity index (χ0v) is 20.0. The van der Waals surface area contributed by atoms with Crippen LogP contribution in [0.3, 0.4) is 0 Å². The molecule has 3 heterocycles. The molecule has 0 unspecified atom stereocenters. The first-order valence-electron chi connectivity index (χ1n) is 11.1. The molecular formula is C24H20F3N7O4. The first-order valence-corrected chi connectivity index (χ1v) is 11.1. The van der Waals surface area contributed by atoms with Gasteiger partial charge in [0, 0.05) is 25.1 Å². The number of halogens is 3. The molecule has 14 heteroatoms. The summed E-state index contributed by atoms with van der Waals surface area (Å²) in [5.41, 5.74) is -0.770. The molecular weight excluding hydrogens is 507 g/mol. The molecule has 1 aromatic carbocycles. The second-order valence-corrected chi connectivity index (χ2v) is 8.40. The average Bonchev–Trinajstić information content (AvgIpc) is 3.55. The third-order valence-electron chi connectivity index (χ3n) is 5.92. The molecule has 0 bridgehead atoms. The highest BCUT2D eigenvalue weighted by atomic mass is 19.3. The van der Waals surface area contributed by atoms with Gasteiger partial charge in [-0.1, -0.05) is 12.1 Å². The topological polar surface area (TPSA) is 152 Å². The number of aromatic hydroxyl groups is 1. The second-order valence-electron chi connectivity index (χ2n) is 8.40. The van der Waals surface area contributed by atoms with E-state index < -0.39 is 53.5 Å². The van der Waals surface area contributed by atoms with E-state index in [-0.39, 0.29) is 22.6 Å². The molecule has 4 rings (SSSR count).